The average molecular weight is 493 g/mol. The summed E-state index contributed by atoms with van der Waals surface area (Å²) < 4.78 is 18.5. The summed E-state index contributed by atoms with van der Waals surface area (Å²) in [5.74, 6) is 0.934. The molecule has 2 aromatic carbocycles. The standard InChI is InChI=1S/C27H28N2O5S/c1-6-33-20-12-10-19(11-13-20)24-23(26(31)34-16(2)3)17(4)28-27-29(24)25(30)22(35-27)15-18-8-7-9-21(14-18)32-5/h7-16,24H,6H2,1-5H3/b22-15+/t24-/m1/s1. The molecule has 1 atom stereocenters. The number of ether oxygens (including phenoxy) is 3. The number of aromatic nitrogens is 1. The Morgan fingerprint density at radius 1 is 1.17 bits per heavy atom. The van der Waals surface area contributed by atoms with Crippen molar-refractivity contribution in [1.82, 2.24) is 4.57 Å². The lowest BCUT2D eigenvalue weighted by Crippen LogP contribution is -2.40. The van der Waals surface area contributed by atoms with Gasteiger partial charge in [0.05, 0.1) is 41.7 Å². The summed E-state index contributed by atoms with van der Waals surface area (Å²) >= 11 is 1.29. The Bertz CT molecular complexity index is 1450. The van der Waals surface area contributed by atoms with Crippen LogP contribution in [0.15, 0.2) is 69.6 Å². The van der Waals surface area contributed by atoms with Crippen LogP contribution in [0, 0.1) is 0 Å². The summed E-state index contributed by atoms with van der Waals surface area (Å²) in [4.78, 5) is 32.0. The van der Waals surface area contributed by atoms with Gasteiger partial charge in [0, 0.05) is 0 Å². The van der Waals surface area contributed by atoms with Gasteiger partial charge in [0.15, 0.2) is 4.80 Å². The van der Waals surface area contributed by atoms with Gasteiger partial charge >= 0.3 is 5.97 Å². The normalized spacial score (nSPS) is 15.6. The first-order valence-corrected chi connectivity index (χ1v) is 12.2. The predicted octanol–water partition coefficient (Wildman–Crippen LogP) is 3.59. The topological polar surface area (TPSA) is 79.1 Å². The molecule has 0 spiro atoms. The molecule has 0 amide bonds. The third kappa shape index (κ3) is 5.07. The Hall–Kier alpha value is -3.65. The van der Waals surface area contributed by atoms with Gasteiger partial charge in [-0.05, 0) is 69.2 Å². The van der Waals surface area contributed by atoms with E-state index in [1.54, 1.807) is 32.4 Å². The van der Waals surface area contributed by atoms with Crippen molar-refractivity contribution < 1.29 is 19.0 Å². The summed E-state index contributed by atoms with van der Waals surface area (Å²) in [7, 11) is 1.60. The molecule has 2 heterocycles. The number of carbonyl (C=O) groups is 1. The predicted molar refractivity (Wildman–Crippen MR) is 136 cm³/mol. The number of fused-ring (bicyclic) bond motifs is 1. The highest BCUT2D eigenvalue weighted by Crippen LogP contribution is 2.32. The van der Waals surface area contributed by atoms with Crippen molar-refractivity contribution in [2.24, 2.45) is 4.99 Å². The fourth-order valence-corrected chi connectivity index (χ4v) is 5.02. The molecule has 0 saturated heterocycles. The number of hydrogen-bond acceptors (Lipinski definition) is 7. The van der Waals surface area contributed by atoms with Crippen molar-refractivity contribution in [2.45, 2.75) is 39.8 Å². The lowest BCUT2D eigenvalue weighted by molar-refractivity contribution is -0.143. The van der Waals surface area contributed by atoms with E-state index in [1.165, 1.54) is 11.3 Å². The van der Waals surface area contributed by atoms with Gasteiger partial charge in [-0.1, -0.05) is 35.6 Å². The number of methoxy groups -OCH3 is 1. The van der Waals surface area contributed by atoms with Crippen LogP contribution < -0.4 is 24.4 Å². The maximum atomic E-state index is 13.7. The largest absolute Gasteiger partial charge is 0.497 e. The maximum Gasteiger partial charge on any atom is 0.338 e. The first-order valence-electron chi connectivity index (χ1n) is 11.4. The molecule has 182 valence electrons. The minimum atomic E-state index is -0.666. The van der Waals surface area contributed by atoms with Crippen LogP contribution >= 0.6 is 11.3 Å². The molecule has 1 aliphatic heterocycles. The summed E-state index contributed by atoms with van der Waals surface area (Å²) in [5.41, 5.74) is 2.26. The molecule has 0 N–H and O–H groups in total. The molecule has 0 unspecified atom stereocenters. The first kappa shape index (κ1) is 24.5. The van der Waals surface area contributed by atoms with Gasteiger partial charge in [-0.3, -0.25) is 9.36 Å². The Morgan fingerprint density at radius 2 is 1.91 bits per heavy atom. The third-order valence-electron chi connectivity index (χ3n) is 5.48. The second kappa shape index (κ2) is 10.3. The molecule has 7 nitrogen and oxygen atoms in total. The summed E-state index contributed by atoms with van der Waals surface area (Å²) in [6.07, 6.45) is 1.51. The molecule has 0 radical (unpaired) electrons. The van der Waals surface area contributed by atoms with Gasteiger partial charge in [0.25, 0.3) is 5.56 Å². The quantitative estimate of drug-likeness (QED) is 0.471. The summed E-state index contributed by atoms with van der Waals surface area (Å²) in [6, 6.07) is 14.2. The van der Waals surface area contributed by atoms with E-state index in [4.69, 9.17) is 14.2 Å². The molecule has 1 aromatic heterocycles. The van der Waals surface area contributed by atoms with E-state index in [1.807, 2.05) is 61.5 Å². The number of rotatable bonds is 7. The zero-order valence-corrected chi connectivity index (χ0v) is 21.2. The third-order valence-corrected chi connectivity index (χ3v) is 6.47. The van der Waals surface area contributed by atoms with Crippen LogP contribution in [0.5, 0.6) is 11.5 Å². The van der Waals surface area contributed by atoms with E-state index in [2.05, 4.69) is 4.99 Å². The van der Waals surface area contributed by atoms with Crippen LogP contribution in [0.2, 0.25) is 0 Å². The average Bonchev–Trinajstić information content (AvgIpc) is 3.13. The van der Waals surface area contributed by atoms with E-state index in [0.29, 0.717) is 38.7 Å². The maximum absolute atomic E-state index is 13.7. The Labute approximate surface area is 207 Å². The van der Waals surface area contributed by atoms with Crippen LogP contribution in [0.4, 0.5) is 0 Å². The highest BCUT2D eigenvalue weighted by atomic mass is 32.1. The molecule has 3 aromatic rings. The number of nitrogens with zero attached hydrogens (tertiary/aromatic N) is 2. The number of benzene rings is 2. The van der Waals surface area contributed by atoms with Crippen molar-refractivity contribution in [2.75, 3.05) is 13.7 Å². The van der Waals surface area contributed by atoms with Crippen LogP contribution in [0.25, 0.3) is 6.08 Å². The molecule has 0 fully saturated rings. The van der Waals surface area contributed by atoms with Crippen LogP contribution in [0.1, 0.15) is 44.9 Å². The van der Waals surface area contributed by atoms with Gasteiger partial charge in [-0.15, -0.1) is 0 Å². The van der Waals surface area contributed by atoms with Gasteiger partial charge in [-0.25, -0.2) is 9.79 Å². The number of allylic oxidation sites excluding steroid dienone is 1. The van der Waals surface area contributed by atoms with Gasteiger partial charge in [-0.2, -0.15) is 0 Å². The second-order valence-corrected chi connectivity index (χ2v) is 9.32. The molecule has 4 rings (SSSR count). The minimum Gasteiger partial charge on any atom is -0.497 e. The van der Waals surface area contributed by atoms with Crippen LogP contribution in [-0.2, 0) is 9.53 Å². The van der Waals surface area contributed by atoms with Crippen molar-refractivity contribution in [3.8, 4) is 11.5 Å². The molecule has 0 bridgehead atoms. The van der Waals surface area contributed by atoms with E-state index >= 15 is 0 Å². The summed E-state index contributed by atoms with van der Waals surface area (Å²) in [5, 5.41) is 0. The molecule has 0 saturated carbocycles. The monoisotopic (exact) mass is 492 g/mol. The van der Waals surface area contributed by atoms with E-state index in [0.717, 1.165) is 11.1 Å². The van der Waals surface area contributed by atoms with Crippen molar-refractivity contribution in [3.63, 3.8) is 0 Å². The Morgan fingerprint density at radius 3 is 2.57 bits per heavy atom. The van der Waals surface area contributed by atoms with Crippen molar-refractivity contribution in [1.29, 1.82) is 0 Å². The lowest BCUT2D eigenvalue weighted by atomic mass is 9.96. The second-order valence-electron chi connectivity index (χ2n) is 8.31. The Balaban J connectivity index is 1.90. The van der Waals surface area contributed by atoms with Crippen molar-refractivity contribution in [3.05, 3.63) is 90.6 Å². The minimum absolute atomic E-state index is 0.224. The van der Waals surface area contributed by atoms with E-state index in [9.17, 15) is 9.59 Å². The van der Waals surface area contributed by atoms with Crippen LogP contribution in [0.3, 0.4) is 0 Å². The van der Waals surface area contributed by atoms with E-state index < -0.39 is 12.0 Å². The number of thiazole rings is 1. The van der Waals surface area contributed by atoms with Crippen molar-refractivity contribution >= 4 is 23.4 Å². The zero-order chi connectivity index (χ0) is 25.1. The Kier molecular flexibility index (Phi) is 7.21. The highest BCUT2D eigenvalue weighted by Gasteiger charge is 2.33. The van der Waals surface area contributed by atoms with Gasteiger partial charge < -0.3 is 14.2 Å². The fraction of sp³-hybridized carbons (Fsp3) is 0.296. The van der Waals surface area contributed by atoms with Gasteiger partial charge in [0.2, 0.25) is 0 Å². The lowest BCUT2D eigenvalue weighted by Gasteiger charge is -2.25. The van der Waals surface area contributed by atoms with E-state index in [-0.39, 0.29) is 11.7 Å². The fourth-order valence-electron chi connectivity index (χ4n) is 3.97. The number of carbonyl (C=O) groups excluding carboxylic acids is 1. The number of esters is 1. The zero-order valence-electron chi connectivity index (χ0n) is 20.4. The molecular formula is C27H28N2O5S. The van der Waals surface area contributed by atoms with Crippen LogP contribution in [-0.4, -0.2) is 30.4 Å². The molecular weight excluding hydrogens is 464 g/mol. The molecule has 1 aliphatic rings. The molecule has 8 heteroatoms. The summed E-state index contributed by atoms with van der Waals surface area (Å²) in [6.45, 7) is 7.83. The smallest absolute Gasteiger partial charge is 0.338 e. The number of hydrogen-bond donors (Lipinski definition) is 0. The molecule has 0 aliphatic carbocycles. The SMILES string of the molecule is CCOc1ccc([C@@H]2C(C(=O)OC(C)C)=C(C)N=c3s/c(=C/c4cccc(OC)c4)c(=O)n32)cc1. The highest BCUT2D eigenvalue weighted by molar-refractivity contribution is 7.07. The molecule has 35 heavy (non-hydrogen) atoms. The van der Waals surface area contributed by atoms with Gasteiger partial charge in [0.1, 0.15) is 11.5 Å². The first-order chi connectivity index (χ1) is 16.8.